The molecule has 2 aliphatic carbocycles. The Morgan fingerprint density at radius 2 is 1.73 bits per heavy atom. The van der Waals surface area contributed by atoms with Crippen molar-refractivity contribution in [3.63, 3.8) is 0 Å². The third-order valence-electron chi connectivity index (χ3n) is 7.40. The lowest BCUT2D eigenvalue weighted by atomic mass is 9.63. The van der Waals surface area contributed by atoms with Gasteiger partial charge in [0, 0.05) is 0 Å². The van der Waals surface area contributed by atoms with Gasteiger partial charge in [0.15, 0.2) is 11.6 Å². The van der Waals surface area contributed by atoms with E-state index in [2.05, 4.69) is 6.92 Å². The highest BCUT2D eigenvalue weighted by Crippen LogP contribution is 2.48. The SMILES string of the molecule is C/C=C/COc1cc2cc(C3CCC4CC(CC)CCC4C3)cc(F)c2c(F)c1F. The molecule has 2 saturated carbocycles. The molecule has 0 amide bonds. The van der Waals surface area contributed by atoms with Crippen molar-refractivity contribution < 1.29 is 17.9 Å². The number of rotatable bonds is 5. The average Bonchev–Trinajstić information content (AvgIpc) is 2.76. The second-order valence-corrected chi connectivity index (χ2v) is 9.10. The van der Waals surface area contributed by atoms with E-state index in [1.807, 2.05) is 13.0 Å². The molecule has 4 unspecified atom stereocenters. The van der Waals surface area contributed by atoms with Crippen molar-refractivity contribution in [2.75, 3.05) is 6.61 Å². The summed E-state index contributed by atoms with van der Waals surface area (Å²) >= 11 is 0. The average molecular weight is 417 g/mol. The van der Waals surface area contributed by atoms with Gasteiger partial charge in [-0.3, -0.25) is 0 Å². The van der Waals surface area contributed by atoms with E-state index in [0.717, 1.165) is 30.2 Å². The molecule has 4 rings (SSSR count). The summed E-state index contributed by atoms with van der Waals surface area (Å²) in [6.45, 7) is 4.25. The van der Waals surface area contributed by atoms with Crippen LogP contribution in [-0.4, -0.2) is 6.61 Å². The van der Waals surface area contributed by atoms with Crippen molar-refractivity contribution in [2.45, 2.75) is 64.7 Å². The Balaban J connectivity index is 1.61. The quantitative estimate of drug-likeness (QED) is 0.450. The van der Waals surface area contributed by atoms with E-state index in [1.165, 1.54) is 44.2 Å². The van der Waals surface area contributed by atoms with Gasteiger partial charge in [-0.2, -0.15) is 4.39 Å². The van der Waals surface area contributed by atoms with Gasteiger partial charge >= 0.3 is 0 Å². The summed E-state index contributed by atoms with van der Waals surface area (Å²) < 4.78 is 49.1. The molecular formula is C26H31F3O. The molecule has 0 bridgehead atoms. The van der Waals surface area contributed by atoms with Crippen LogP contribution in [0.4, 0.5) is 13.2 Å². The zero-order chi connectivity index (χ0) is 21.3. The van der Waals surface area contributed by atoms with Crippen LogP contribution in [0, 0.1) is 35.2 Å². The van der Waals surface area contributed by atoms with E-state index >= 15 is 0 Å². The van der Waals surface area contributed by atoms with Crippen LogP contribution in [0.2, 0.25) is 0 Å². The van der Waals surface area contributed by atoms with Crippen molar-refractivity contribution in [3.05, 3.63) is 53.4 Å². The van der Waals surface area contributed by atoms with Gasteiger partial charge < -0.3 is 4.74 Å². The topological polar surface area (TPSA) is 9.23 Å². The van der Waals surface area contributed by atoms with Crippen LogP contribution in [0.3, 0.4) is 0 Å². The second-order valence-electron chi connectivity index (χ2n) is 9.10. The van der Waals surface area contributed by atoms with Gasteiger partial charge in [0.2, 0.25) is 5.82 Å². The van der Waals surface area contributed by atoms with Crippen molar-refractivity contribution in [1.29, 1.82) is 0 Å². The number of ether oxygens (including phenoxy) is 1. The van der Waals surface area contributed by atoms with E-state index in [-0.39, 0.29) is 23.7 Å². The van der Waals surface area contributed by atoms with E-state index < -0.39 is 17.5 Å². The molecule has 30 heavy (non-hydrogen) atoms. The summed E-state index contributed by atoms with van der Waals surface area (Å²) in [5.74, 6) is -0.519. The number of hydrogen-bond donors (Lipinski definition) is 0. The summed E-state index contributed by atoms with van der Waals surface area (Å²) in [7, 11) is 0. The lowest BCUT2D eigenvalue weighted by Gasteiger charge is -2.42. The van der Waals surface area contributed by atoms with Gasteiger partial charge in [-0.1, -0.05) is 38.0 Å². The first-order valence-corrected chi connectivity index (χ1v) is 11.4. The minimum Gasteiger partial charge on any atom is -0.486 e. The predicted octanol–water partition coefficient (Wildman–Crippen LogP) is 7.92. The number of fused-ring (bicyclic) bond motifs is 2. The minimum absolute atomic E-state index is 0.144. The molecule has 2 aliphatic rings. The third kappa shape index (κ3) is 4.10. The molecule has 4 heteroatoms. The lowest BCUT2D eigenvalue weighted by Crippen LogP contribution is -2.30. The smallest absolute Gasteiger partial charge is 0.201 e. The van der Waals surface area contributed by atoms with Crippen molar-refractivity contribution in [2.24, 2.45) is 17.8 Å². The zero-order valence-corrected chi connectivity index (χ0v) is 17.9. The van der Waals surface area contributed by atoms with E-state index in [9.17, 15) is 13.2 Å². The van der Waals surface area contributed by atoms with Crippen LogP contribution >= 0.6 is 0 Å². The first kappa shape index (κ1) is 21.3. The molecule has 0 radical (unpaired) electrons. The number of halogens is 3. The van der Waals surface area contributed by atoms with Crippen LogP contribution in [0.15, 0.2) is 30.4 Å². The van der Waals surface area contributed by atoms with Gasteiger partial charge in [0.25, 0.3) is 0 Å². The summed E-state index contributed by atoms with van der Waals surface area (Å²) in [6.07, 6.45) is 11.9. The molecule has 4 atom stereocenters. The minimum atomic E-state index is -1.17. The highest BCUT2D eigenvalue weighted by molar-refractivity contribution is 5.86. The van der Waals surface area contributed by atoms with Crippen molar-refractivity contribution in [3.8, 4) is 5.75 Å². The van der Waals surface area contributed by atoms with Gasteiger partial charge in [0.05, 0.1) is 5.39 Å². The van der Waals surface area contributed by atoms with E-state index in [0.29, 0.717) is 11.3 Å². The molecule has 0 heterocycles. The molecule has 0 aliphatic heterocycles. The van der Waals surface area contributed by atoms with E-state index in [1.54, 1.807) is 12.2 Å². The summed E-state index contributed by atoms with van der Waals surface area (Å²) in [5.41, 5.74) is 0.904. The van der Waals surface area contributed by atoms with Crippen LogP contribution in [0.5, 0.6) is 5.75 Å². The molecule has 2 aromatic carbocycles. The Kier molecular flexibility index (Phi) is 6.40. The molecule has 2 fully saturated rings. The Hall–Kier alpha value is -1.97. The third-order valence-corrected chi connectivity index (χ3v) is 7.40. The first-order valence-electron chi connectivity index (χ1n) is 11.4. The Labute approximate surface area is 177 Å². The number of benzene rings is 2. The monoisotopic (exact) mass is 416 g/mol. The fourth-order valence-corrected chi connectivity index (χ4v) is 5.65. The van der Waals surface area contributed by atoms with E-state index in [4.69, 9.17) is 4.74 Å². The predicted molar refractivity (Wildman–Crippen MR) is 115 cm³/mol. The maximum atomic E-state index is 14.9. The number of allylic oxidation sites excluding steroid dienone is 1. The standard InChI is InChI=1S/C26H31F3O/c1-3-5-10-30-23-15-21-13-20(14-22(27)24(21)26(29)25(23)28)19-9-8-17-11-16(4-2)6-7-18(17)12-19/h3,5,13-19H,4,6-12H2,1-2H3/b5-3+. The van der Waals surface area contributed by atoms with Gasteiger partial charge in [-0.25, -0.2) is 8.78 Å². The van der Waals surface area contributed by atoms with Crippen LogP contribution in [0.25, 0.3) is 10.8 Å². The normalized spacial score (nSPS) is 26.8. The van der Waals surface area contributed by atoms with Gasteiger partial charge in [-0.15, -0.1) is 0 Å². The maximum Gasteiger partial charge on any atom is 0.201 e. The molecular weight excluding hydrogens is 385 g/mol. The van der Waals surface area contributed by atoms with Crippen LogP contribution < -0.4 is 4.74 Å². The lowest BCUT2D eigenvalue weighted by molar-refractivity contribution is 0.116. The van der Waals surface area contributed by atoms with Crippen LogP contribution in [-0.2, 0) is 0 Å². The Morgan fingerprint density at radius 3 is 2.50 bits per heavy atom. The largest absolute Gasteiger partial charge is 0.486 e. The highest BCUT2D eigenvalue weighted by atomic mass is 19.2. The summed E-state index contributed by atoms with van der Waals surface area (Å²) in [5, 5.41) is 0.0861. The summed E-state index contributed by atoms with van der Waals surface area (Å²) in [6, 6.07) is 4.70. The zero-order valence-electron chi connectivity index (χ0n) is 17.9. The van der Waals surface area contributed by atoms with Crippen LogP contribution in [0.1, 0.15) is 70.3 Å². The Bertz CT molecular complexity index is 936. The maximum absolute atomic E-state index is 14.9. The molecule has 0 saturated heterocycles. The first-order chi connectivity index (χ1) is 14.5. The van der Waals surface area contributed by atoms with Gasteiger partial charge in [-0.05, 0) is 85.8 Å². The summed E-state index contributed by atoms with van der Waals surface area (Å²) in [4.78, 5) is 0. The molecule has 0 aromatic heterocycles. The molecule has 0 spiro atoms. The highest BCUT2D eigenvalue weighted by Gasteiger charge is 2.35. The fraction of sp³-hybridized carbons (Fsp3) is 0.538. The van der Waals surface area contributed by atoms with Crippen molar-refractivity contribution in [1.82, 2.24) is 0 Å². The molecule has 162 valence electrons. The fourth-order valence-electron chi connectivity index (χ4n) is 5.65. The van der Waals surface area contributed by atoms with Gasteiger partial charge in [0.1, 0.15) is 12.4 Å². The molecule has 2 aromatic rings. The molecule has 1 nitrogen and oxygen atoms in total. The molecule has 0 N–H and O–H groups in total. The second kappa shape index (κ2) is 9.03. The Morgan fingerprint density at radius 1 is 0.967 bits per heavy atom. The number of hydrogen-bond acceptors (Lipinski definition) is 1. The van der Waals surface area contributed by atoms with Crippen molar-refractivity contribution >= 4 is 10.8 Å².